The Morgan fingerprint density at radius 1 is 1.17 bits per heavy atom. The largest absolute Gasteiger partial charge is 0.453 e. The summed E-state index contributed by atoms with van der Waals surface area (Å²) in [5.41, 5.74) is 2.05. The summed E-state index contributed by atoms with van der Waals surface area (Å²) in [5.74, 6) is -0.528. The van der Waals surface area contributed by atoms with Gasteiger partial charge in [-0.15, -0.1) is 0 Å². The molecule has 0 aliphatic rings. The number of nitrogens with one attached hydrogen (secondary N) is 1. The van der Waals surface area contributed by atoms with Crippen molar-refractivity contribution in [3.05, 3.63) is 64.4 Å². The highest BCUT2D eigenvalue weighted by Crippen LogP contribution is 2.26. The Labute approximate surface area is 172 Å². The van der Waals surface area contributed by atoms with Gasteiger partial charge in [-0.2, -0.15) is 0 Å². The molecule has 1 atom stereocenters. The number of hydrogen-bond acceptors (Lipinski definition) is 6. The second-order valence-electron chi connectivity index (χ2n) is 6.28. The molecule has 0 bridgehead atoms. The number of ether oxygens (including phenoxy) is 1. The molecule has 0 fully saturated rings. The Morgan fingerprint density at radius 3 is 2.59 bits per heavy atom. The fourth-order valence-electron chi connectivity index (χ4n) is 2.90. The van der Waals surface area contributed by atoms with Gasteiger partial charge in [-0.25, -0.2) is 9.78 Å². The van der Waals surface area contributed by atoms with E-state index in [4.69, 9.17) is 0 Å². The summed E-state index contributed by atoms with van der Waals surface area (Å²) in [6.07, 6.45) is -0.0968. The number of methoxy groups -OCH3 is 1. The Kier molecular flexibility index (Phi) is 6.33. The van der Waals surface area contributed by atoms with E-state index in [1.165, 1.54) is 11.7 Å². The van der Waals surface area contributed by atoms with Crippen molar-refractivity contribution < 1.29 is 14.3 Å². The molecule has 1 aromatic heterocycles. The van der Waals surface area contributed by atoms with Crippen LogP contribution in [0.2, 0.25) is 0 Å². The molecule has 29 heavy (non-hydrogen) atoms. The van der Waals surface area contributed by atoms with E-state index in [0.29, 0.717) is 16.1 Å². The molecule has 1 N–H and O–H groups in total. The number of rotatable bonds is 5. The van der Waals surface area contributed by atoms with Crippen molar-refractivity contribution in [3.8, 4) is 5.69 Å². The molecule has 3 aromatic rings. The van der Waals surface area contributed by atoms with Crippen molar-refractivity contribution in [1.29, 1.82) is 0 Å². The van der Waals surface area contributed by atoms with E-state index >= 15 is 0 Å². The number of alkyl carbamates (subject to hydrolysis) is 1. The third kappa shape index (κ3) is 4.32. The van der Waals surface area contributed by atoms with Gasteiger partial charge in [-0.3, -0.25) is 19.5 Å². The number of fused-ring (bicyclic) bond motifs is 1. The van der Waals surface area contributed by atoms with Gasteiger partial charge in [0.15, 0.2) is 5.16 Å². The lowest BCUT2D eigenvalue weighted by molar-refractivity contribution is -0.119. The Balaban J connectivity index is 2.14. The molecule has 2 aromatic carbocycles. The predicted octanol–water partition coefficient (Wildman–Crippen LogP) is 3.31. The molecule has 0 spiro atoms. The number of thioether (sulfide) groups is 1. The zero-order valence-electron chi connectivity index (χ0n) is 16.3. The van der Waals surface area contributed by atoms with E-state index in [1.807, 2.05) is 31.2 Å². The van der Waals surface area contributed by atoms with Crippen LogP contribution in [-0.4, -0.2) is 33.9 Å². The molecule has 0 aliphatic carbocycles. The molecular weight excluding hydrogens is 390 g/mol. The van der Waals surface area contributed by atoms with Crippen LogP contribution in [0.25, 0.3) is 16.6 Å². The second kappa shape index (κ2) is 8.91. The number of aryl methyl sites for hydroxylation is 1. The predicted molar refractivity (Wildman–Crippen MR) is 113 cm³/mol. The van der Waals surface area contributed by atoms with Crippen LogP contribution >= 0.6 is 11.8 Å². The molecule has 2 amide bonds. The van der Waals surface area contributed by atoms with E-state index < -0.39 is 17.3 Å². The highest BCUT2D eigenvalue weighted by Gasteiger charge is 2.22. The molecule has 1 heterocycles. The number of carbonyl (C=O) groups excluding carboxylic acids is 2. The minimum absolute atomic E-state index is 0.209. The fraction of sp³-hybridized carbons (Fsp3) is 0.238. The van der Waals surface area contributed by atoms with E-state index in [0.717, 1.165) is 29.4 Å². The zero-order valence-corrected chi connectivity index (χ0v) is 17.2. The highest BCUT2D eigenvalue weighted by atomic mass is 32.2. The smallest absolute Gasteiger partial charge is 0.413 e. The van der Waals surface area contributed by atoms with Gasteiger partial charge in [0.05, 0.1) is 29.0 Å². The molecule has 0 aliphatic heterocycles. The summed E-state index contributed by atoms with van der Waals surface area (Å²) in [4.78, 5) is 41.6. The summed E-state index contributed by atoms with van der Waals surface area (Å²) < 4.78 is 6.01. The maximum Gasteiger partial charge on any atom is 0.413 e. The summed E-state index contributed by atoms with van der Waals surface area (Å²) in [6.45, 7) is 3.65. The number of para-hydroxylation sites is 2. The number of nitrogens with zero attached hydrogens (tertiary/aromatic N) is 2. The number of amides is 2. The Morgan fingerprint density at radius 2 is 1.86 bits per heavy atom. The van der Waals surface area contributed by atoms with Crippen molar-refractivity contribution in [2.45, 2.75) is 30.7 Å². The van der Waals surface area contributed by atoms with Crippen LogP contribution in [0.15, 0.2) is 58.5 Å². The third-order valence-electron chi connectivity index (χ3n) is 4.42. The number of benzene rings is 2. The summed E-state index contributed by atoms with van der Waals surface area (Å²) >= 11 is 1.11. The number of carbonyl (C=O) groups is 2. The second-order valence-corrected chi connectivity index (χ2v) is 7.58. The monoisotopic (exact) mass is 411 g/mol. The van der Waals surface area contributed by atoms with Gasteiger partial charge < -0.3 is 4.74 Å². The van der Waals surface area contributed by atoms with E-state index in [1.54, 1.807) is 31.2 Å². The zero-order chi connectivity index (χ0) is 21.0. The Bertz CT molecular complexity index is 1130. The Hall–Kier alpha value is -3.13. The van der Waals surface area contributed by atoms with Crippen molar-refractivity contribution >= 4 is 34.7 Å². The van der Waals surface area contributed by atoms with Gasteiger partial charge in [0.2, 0.25) is 5.91 Å². The lowest BCUT2D eigenvalue weighted by Crippen LogP contribution is -2.36. The molecule has 8 heteroatoms. The van der Waals surface area contributed by atoms with Crippen LogP contribution in [-0.2, 0) is 16.0 Å². The number of imide groups is 1. The lowest BCUT2D eigenvalue weighted by Gasteiger charge is -2.18. The average Bonchev–Trinajstić information content (AvgIpc) is 2.73. The van der Waals surface area contributed by atoms with Crippen LogP contribution in [0.5, 0.6) is 0 Å². The standard InChI is InChI=1S/C21H21N3O4S/c1-4-14-9-5-8-12-17(14)24-19(26)15-10-6-7-11-16(15)22-20(24)29-13(2)18(25)23-21(27)28-3/h5-13H,4H2,1-3H3,(H,23,25,27)/t13-/m1/s1. The van der Waals surface area contributed by atoms with Crippen LogP contribution in [0.3, 0.4) is 0 Å². The SMILES string of the molecule is CCc1ccccc1-n1c(S[C@H](C)C(=O)NC(=O)OC)nc2ccccc2c1=O. The maximum atomic E-state index is 13.3. The first-order valence-corrected chi connectivity index (χ1v) is 9.99. The minimum atomic E-state index is -0.831. The number of aromatic nitrogens is 2. The van der Waals surface area contributed by atoms with Gasteiger partial charge >= 0.3 is 6.09 Å². The van der Waals surface area contributed by atoms with E-state index in [2.05, 4.69) is 15.0 Å². The molecule has 0 saturated carbocycles. The topological polar surface area (TPSA) is 90.3 Å². The number of hydrogen-bond donors (Lipinski definition) is 1. The van der Waals surface area contributed by atoms with Crippen molar-refractivity contribution in [2.75, 3.05) is 7.11 Å². The third-order valence-corrected chi connectivity index (χ3v) is 5.47. The minimum Gasteiger partial charge on any atom is -0.453 e. The van der Waals surface area contributed by atoms with Crippen molar-refractivity contribution in [2.24, 2.45) is 0 Å². The summed E-state index contributed by atoms with van der Waals surface area (Å²) in [7, 11) is 1.19. The highest BCUT2D eigenvalue weighted by molar-refractivity contribution is 8.00. The molecule has 3 rings (SSSR count). The lowest BCUT2D eigenvalue weighted by atomic mass is 10.1. The maximum absolute atomic E-state index is 13.3. The van der Waals surface area contributed by atoms with Gasteiger partial charge in [0.25, 0.3) is 5.56 Å². The van der Waals surface area contributed by atoms with E-state index in [-0.39, 0.29) is 5.56 Å². The normalized spacial score (nSPS) is 11.8. The first-order valence-electron chi connectivity index (χ1n) is 9.11. The first kappa shape index (κ1) is 20.6. The summed E-state index contributed by atoms with van der Waals surface area (Å²) in [5, 5.41) is 2.34. The molecule has 150 valence electrons. The van der Waals surface area contributed by atoms with Gasteiger partial charge in [0.1, 0.15) is 0 Å². The van der Waals surface area contributed by atoms with Gasteiger partial charge in [0, 0.05) is 0 Å². The molecular formula is C21H21N3O4S. The quantitative estimate of drug-likeness (QED) is 0.512. The molecule has 7 nitrogen and oxygen atoms in total. The first-order chi connectivity index (χ1) is 14.0. The molecule has 0 saturated heterocycles. The van der Waals surface area contributed by atoms with Gasteiger partial charge in [-0.05, 0) is 37.1 Å². The fourth-order valence-corrected chi connectivity index (χ4v) is 3.82. The van der Waals surface area contributed by atoms with Crippen LogP contribution in [0, 0.1) is 0 Å². The average molecular weight is 411 g/mol. The summed E-state index contributed by atoms with van der Waals surface area (Å²) in [6, 6.07) is 14.7. The molecule has 0 unspecified atom stereocenters. The van der Waals surface area contributed by atoms with Crippen molar-refractivity contribution in [3.63, 3.8) is 0 Å². The van der Waals surface area contributed by atoms with E-state index in [9.17, 15) is 14.4 Å². The van der Waals surface area contributed by atoms with Crippen molar-refractivity contribution in [1.82, 2.24) is 14.9 Å². The van der Waals surface area contributed by atoms with Crippen LogP contribution in [0.4, 0.5) is 4.79 Å². The van der Waals surface area contributed by atoms with Gasteiger partial charge in [-0.1, -0.05) is 49.0 Å². The van der Waals surface area contributed by atoms with Crippen LogP contribution < -0.4 is 10.9 Å². The molecule has 0 radical (unpaired) electrons. The van der Waals surface area contributed by atoms with Crippen LogP contribution in [0.1, 0.15) is 19.4 Å².